The molecule has 4 heteroatoms. The summed E-state index contributed by atoms with van der Waals surface area (Å²) in [4.78, 5) is 9.38. The molecule has 4 nitrogen and oxygen atoms in total. The SMILES string of the molecule is C=NC(N)=NCCN(C)C. The van der Waals surface area contributed by atoms with E-state index < -0.39 is 0 Å². The summed E-state index contributed by atoms with van der Waals surface area (Å²) in [6, 6.07) is 0. The summed E-state index contributed by atoms with van der Waals surface area (Å²) in [6.45, 7) is 4.80. The molecule has 0 heterocycles. The molecule has 0 aliphatic carbocycles. The van der Waals surface area contributed by atoms with Crippen LogP contribution in [0.4, 0.5) is 0 Å². The van der Waals surface area contributed by atoms with E-state index in [0.29, 0.717) is 6.54 Å². The minimum Gasteiger partial charge on any atom is -0.368 e. The monoisotopic (exact) mass is 142 g/mol. The van der Waals surface area contributed by atoms with E-state index in [1.54, 1.807) is 0 Å². The number of nitrogens with zero attached hydrogens (tertiary/aromatic N) is 3. The summed E-state index contributed by atoms with van der Waals surface area (Å²) in [7, 11) is 3.96. The quantitative estimate of drug-likeness (QED) is 0.429. The Hall–Kier alpha value is -0.900. The molecule has 0 atom stereocenters. The second kappa shape index (κ2) is 4.93. The summed E-state index contributed by atoms with van der Waals surface area (Å²) in [5.74, 6) is 0.266. The zero-order chi connectivity index (χ0) is 7.98. The smallest absolute Gasteiger partial charge is 0.214 e. The minimum atomic E-state index is 0.266. The number of hydrogen-bond acceptors (Lipinski definition) is 2. The first-order valence-electron chi connectivity index (χ1n) is 3.08. The van der Waals surface area contributed by atoms with Crippen LogP contribution in [0.15, 0.2) is 9.98 Å². The standard InChI is InChI=1S/C6H14N4/c1-8-6(7)9-4-5-10(2)3/h1,4-5H2,2-3H3,(H2,7,9). The van der Waals surface area contributed by atoms with Crippen LogP contribution in [0.5, 0.6) is 0 Å². The molecule has 0 amide bonds. The normalized spacial score (nSPS) is 12.1. The van der Waals surface area contributed by atoms with Crippen LogP contribution in [0.3, 0.4) is 0 Å². The Morgan fingerprint density at radius 3 is 2.60 bits per heavy atom. The van der Waals surface area contributed by atoms with Gasteiger partial charge in [-0.05, 0) is 20.8 Å². The Kier molecular flexibility index (Phi) is 4.49. The highest BCUT2D eigenvalue weighted by atomic mass is 15.1. The third-order valence-corrected chi connectivity index (χ3v) is 0.983. The molecule has 0 aliphatic heterocycles. The summed E-state index contributed by atoms with van der Waals surface area (Å²) in [5, 5.41) is 0. The molecular formula is C6H14N4. The van der Waals surface area contributed by atoms with Gasteiger partial charge in [-0.3, -0.25) is 4.99 Å². The summed E-state index contributed by atoms with van der Waals surface area (Å²) in [6.07, 6.45) is 0. The van der Waals surface area contributed by atoms with E-state index in [2.05, 4.69) is 16.7 Å². The van der Waals surface area contributed by atoms with E-state index in [9.17, 15) is 0 Å². The summed E-state index contributed by atoms with van der Waals surface area (Å²) in [5.41, 5.74) is 5.26. The van der Waals surface area contributed by atoms with Crippen LogP contribution < -0.4 is 5.73 Å². The maximum Gasteiger partial charge on any atom is 0.214 e. The van der Waals surface area contributed by atoms with Gasteiger partial charge in [0.15, 0.2) is 0 Å². The van der Waals surface area contributed by atoms with E-state index in [4.69, 9.17) is 5.73 Å². The maximum absolute atomic E-state index is 5.26. The Labute approximate surface area is 61.5 Å². The molecule has 0 radical (unpaired) electrons. The van der Waals surface area contributed by atoms with Crippen molar-refractivity contribution >= 4 is 12.7 Å². The van der Waals surface area contributed by atoms with Crippen LogP contribution in [0, 0.1) is 0 Å². The Morgan fingerprint density at radius 1 is 1.60 bits per heavy atom. The van der Waals surface area contributed by atoms with Gasteiger partial charge in [-0.2, -0.15) is 0 Å². The first-order valence-corrected chi connectivity index (χ1v) is 3.08. The van der Waals surface area contributed by atoms with E-state index in [0.717, 1.165) is 6.54 Å². The fraction of sp³-hybridized carbons (Fsp3) is 0.667. The van der Waals surface area contributed by atoms with Crippen molar-refractivity contribution in [3.63, 3.8) is 0 Å². The fourth-order valence-electron chi connectivity index (χ4n) is 0.415. The molecule has 10 heavy (non-hydrogen) atoms. The van der Waals surface area contributed by atoms with E-state index >= 15 is 0 Å². The lowest BCUT2D eigenvalue weighted by molar-refractivity contribution is 0.420. The third kappa shape index (κ3) is 5.24. The lowest BCUT2D eigenvalue weighted by Gasteiger charge is -2.05. The van der Waals surface area contributed by atoms with Crippen molar-refractivity contribution in [3.8, 4) is 0 Å². The molecular weight excluding hydrogens is 128 g/mol. The lowest BCUT2D eigenvalue weighted by Crippen LogP contribution is -2.17. The topological polar surface area (TPSA) is 54.0 Å². The number of rotatable bonds is 3. The molecule has 0 unspecified atom stereocenters. The van der Waals surface area contributed by atoms with Crippen LogP contribution in [0.2, 0.25) is 0 Å². The third-order valence-electron chi connectivity index (χ3n) is 0.983. The minimum absolute atomic E-state index is 0.266. The number of guanidine groups is 1. The fourth-order valence-corrected chi connectivity index (χ4v) is 0.415. The molecule has 0 aliphatic rings. The van der Waals surface area contributed by atoms with Gasteiger partial charge in [0.1, 0.15) is 0 Å². The van der Waals surface area contributed by atoms with Crippen molar-refractivity contribution in [2.45, 2.75) is 0 Å². The highest BCUT2D eigenvalue weighted by Gasteiger charge is 1.87. The molecule has 0 aromatic heterocycles. The van der Waals surface area contributed by atoms with Crippen molar-refractivity contribution in [3.05, 3.63) is 0 Å². The summed E-state index contributed by atoms with van der Waals surface area (Å²) >= 11 is 0. The molecule has 0 aromatic carbocycles. The molecule has 0 saturated heterocycles. The molecule has 0 saturated carbocycles. The zero-order valence-corrected chi connectivity index (χ0v) is 6.54. The first-order chi connectivity index (χ1) is 4.66. The maximum atomic E-state index is 5.26. The average Bonchev–Trinajstić information content (AvgIpc) is 1.87. The predicted molar refractivity (Wildman–Crippen MR) is 44.6 cm³/mol. The lowest BCUT2D eigenvalue weighted by atomic mass is 10.6. The second-order valence-corrected chi connectivity index (χ2v) is 2.20. The summed E-state index contributed by atoms with van der Waals surface area (Å²) < 4.78 is 0. The van der Waals surface area contributed by atoms with Crippen LogP contribution in [0.1, 0.15) is 0 Å². The zero-order valence-electron chi connectivity index (χ0n) is 6.54. The van der Waals surface area contributed by atoms with Crippen molar-refractivity contribution in [1.82, 2.24) is 4.90 Å². The molecule has 58 valence electrons. The van der Waals surface area contributed by atoms with Gasteiger partial charge in [-0.1, -0.05) is 0 Å². The number of nitrogens with two attached hydrogens (primary N) is 1. The van der Waals surface area contributed by atoms with Crippen LogP contribution in [0.25, 0.3) is 0 Å². The van der Waals surface area contributed by atoms with Crippen LogP contribution >= 0.6 is 0 Å². The van der Waals surface area contributed by atoms with E-state index in [1.165, 1.54) is 0 Å². The molecule has 0 spiro atoms. The number of likely N-dealkylation sites (N-methyl/N-ethyl adjacent to an activating group) is 1. The Balaban J connectivity index is 3.43. The highest BCUT2D eigenvalue weighted by molar-refractivity contribution is 5.82. The largest absolute Gasteiger partial charge is 0.368 e. The average molecular weight is 142 g/mol. The van der Waals surface area contributed by atoms with Gasteiger partial charge < -0.3 is 10.6 Å². The van der Waals surface area contributed by atoms with Gasteiger partial charge in [-0.15, -0.1) is 0 Å². The van der Waals surface area contributed by atoms with Gasteiger partial charge in [0, 0.05) is 6.54 Å². The molecule has 0 bridgehead atoms. The first kappa shape index (κ1) is 9.10. The molecule has 0 fully saturated rings. The number of aliphatic imine (C=N–C) groups is 2. The Morgan fingerprint density at radius 2 is 2.20 bits per heavy atom. The van der Waals surface area contributed by atoms with Gasteiger partial charge in [0.25, 0.3) is 0 Å². The molecule has 0 aromatic rings. The van der Waals surface area contributed by atoms with Gasteiger partial charge in [0.05, 0.1) is 6.54 Å². The second-order valence-electron chi connectivity index (χ2n) is 2.20. The van der Waals surface area contributed by atoms with E-state index in [-0.39, 0.29) is 5.96 Å². The van der Waals surface area contributed by atoms with E-state index in [1.807, 2.05) is 19.0 Å². The van der Waals surface area contributed by atoms with Crippen molar-refractivity contribution in [1.29, 1.82) is 0 Å². The van der Waals surface area contributed by atoms with Gasteiger partial charge >= 0.3 is 0 Å². The van der Waals surface area contributed by atoms with Gasteiger partial charge in [-0.25, -0.2) is 4.99 Å². The van der Waals surface area contributed by atoms with Crippen LogP contribution in [-0.4, -0.2) is 44.8 Å². The van der Waals surface area contributed by atoms with Crippen molar-refractivity contribution in [2.75, 3.05) is 27.2 Å². The molecule has 2 N–H and O–H groups in total. The Bertz CT molecular complexity index is 128. The van der Waals surface area contributed by atoms with Crippen molar-refractivity contribution in [2.24, 2.45) is 15.7 Å². The predicted octanol–water partition coefficient (Wildman–Crippen LogP) is -0.437. The van der Waals surface area contributed by atoms with Crippen molar-refractivity contribution < 1.29 is 0 Å². The number of hydrogen-bond donors (Lipinski definition) is 1. The van der Waals surface area contributed by atoms with Crippen LogP contribution in [-0.2, 0) is 0 Å². The highest BCUT2D eigenvalue weighted by Crippen LogP contribution is 1.76. The van der Waals surface area contributed by atoms with Gasteiger partial charge in [0.2, 0.25) is 5.96 Å². The molecule has 0 rings (SSSR count).